The molecular formula is C15H10IN3O. The van der Waals surface area contributed by atoms with Crippen LogP contribution in [0.15, 0.2) is 57.2 Å². The summed E-state index contributed by atoms with van der Waals surface area (Å²) in [4.78, 5) is 20.8. The standard InChI is InChI=1S/C15H10IN3O/c16-12-8-13(19-10-5-3-9(17)4-6-10)11-2-1-7-18-14(11)15(12)20/h1-8H,17H2. The van der Waals surface area contributed by atoms with Gasteiger partial charge in [0, 0.05) is 17.4 Å². The monoisotopic (exact) mass is 375 g/mol. The molecule has 4 nitrogen and oxygen atoms in total. The van der Waals surface area contributed by atoms with Crippen molar-refractivity contribution in [3.05, 3.63) is 63.5 Å². The molecule has 3 rings (SSSR count). The Balaban J connectivity index is 2.13. The number of benzene rings is 1. The van der Waals surface area contributed by atoms with Gasteiger partial charge in [-0.1, -0.05) is 0 Å². The zero-order valence-electron chi connectivity index (χ0n) is 10.4. The molecular weight excluding hydrogens is 365 g/mol. The van der Waals surface area contributed by atoms with E-state index >= 15 is 0 Å². The van der Waals surface area contributed by atoms with Crippen molar-refractivity contribution in [2.45, 2.75) is 0 Å². The highest BCUT2D eigenvalue weighted by Gasteiger charge is 2.23. The molecule has 1 aliphatic carbocycles. The highest BCUT2D eigenvalue weighted by atomic mass is 127. The topological polar surface area (TPSA) is 68.3 Å². The van der Waals surface area contributed by atoms with Crippen LogP contribution in [0.2, 0.25) is 0 Å². The summed E-state index contributed by atoms with van der Waals surface area (Å²) in [5.41, 5.74) is 9.09. The van der Waals surface area contributed by atoms with E-state index in [1.807, 2.05) is 40.8 Å². The minimum Gasteiger partial charge on any atom is -0.399 e. The van der Waals surface area contributed by atoms with Crippen molar-refractivity contribution >= 4 is 45.5 Å². The van der Waals surface area contributed by atoms with Crippen molar-refractivity contribution in [1.82, 2.24) is 4.98 Å². The second-order valence-corrected chi connectivity index (χ2v) is 5.47. The third kappa shape index (κ3) is 2.36. The lowest BCUT2D eigenvalue weighted by Crippen LogP contribution is -2.16. The van der Waals surface area contributed by atoms with Crippen molar-refractivity contribution in [2.24, 2.45) is 4.99 Å². The fraction of sp³-hybridized carbons (Fsp3) is 0. The highest BCUT2D eigenvalue weighted by Crippen LogP contribution is 2.26. The molecule has 0 atom stereocenters. The summed E-state index contributed by atoms with van der Waals surface area (Å²) < 4.78 is 0.614. The Morgan fingerprint density at radius 2 is 1.90 bits per heavy atom. The van der Waals surface area contributed by atoms with Gasteiger partial charge in [-0.05, 0) is 65.1 Å². The number of allylic oxidation sites excluding steroid dienone is 2. The van der Waals surface area contributed by atoms with E-state index in [9.17, 15) is 4.79 Å². The molecule has 0 unspecified atom stereocenters. The van der Waals surface area contributed by atoms with Gasteiger partial charge in [-0.25, -0.2) is 4.99 Å². The second kappa shape index (κ2) is 5.16. The summed E-state index contributed by atoms with van der Waals surface area (Å²) in [6, 6.07) is 10.9. The first-order valence-corrected chi connectivity index (χ1v) is 7.04. The van der Waals surface area contributed by atoms with Crippen LogP contribution in [0.4, 0.5) is 11.4 Å². The van der Waals surface area contributed by atoms with Gasteiger partial charge in [0.1, 0.15) is 5.69 Å². The van der Waals surface area contributed by atoms with Gasteiger partial charge in [0.25, 0.3) is 0 Å². The van der Waals surface area contributed by atoms with Gasteiger partial charge in [0.15, 0.2) is 0 Å². The fourth-order valence-electron chi connectivity index (χ4n) is 1.95. The lowest BCUT2D eigenvalue weighted by molar-refractivity contribution is 0.103. The Kier molecular flexibility index (Phi) is 3.35. The number of fused-ring (bicyclic) bond motifs is 1. The summed E-state index contributed by atoms with van der Waals surface area (Å²) in [6.07, 6.45) is 3.40. The Morgan fingerprint density at radius 3 is 2.65 bits per heavy atom. The molecule has 0 fully saturated rings. The van der Waals surface area contributed by atoms with E-state index in [0.717, 1.165) is 17.0 Å². The molecule has 1 aromatic heterocycles. The molecule has 2 aromatic rings. The third-order valence-corrected chi connectivity index (χ3v) is 3.72. The van der Waals surface area contributed by atoms with Crippen LogP contribution in [0.3, 0.4) is 0 Å². The molecule has 0 aliphatic heterocycles. The molecule has 5 heteroatoms. The second-order valence-electron chi connectivity index (χ2n) is 4.31. The molecule has 20 heavy (non-hydrogen) atoms. The van der Waals surface area contributed by atoms with Gasteiger partial charge < -0.3 is 5.73 Å². The van der Waals surface area contributed by atoms with E-state index in [1.165, 1.54) is 0 Å². The van der Waals surface area contributed by atoms with Gasteiger partial charge in [0.05, 0.1) is 15.0 Å². The minimum absolute atomic E-state index is 0.0579. The minimum atomic E-state index is -0.0579. The van der Waals surface area contributed by atoms with Crippen LogP contribution >= 0.6 is 22.6 Å². The van der Waals surface area contributed by atoms with Crippen LogP contribution < -0.4 is 5.73 Å². The Hall–Kier alpha value is -2.02. The van der Waals surface area contributed by atoms with Crippen molar-refractivity contribution in [3.63, 3.8) is 0 Å². The van der Waals surface area contributed by atoms with Gasteiger partial charge in [-0.2, -0.15) is 0 Å². The van der Waals surface area contributed by atoms with Crippen molar-refractivity contribution < 1.29 is 4.79 Å². The molecule has 0 bridgehead atoms. The van der Waals surface area contributed by atoms with Gasteiger partial charge in [0.2, 0.25) is 5.78 Å². The van der Waals surface area contributed by atoms with Crippen LogP contribution in [-0.4, -0.2) is 16.5 Å². The van der Waals surface area contributed by atoms with Crippen molar-refractivity contribution in [3.8, 4) is 0 Å². The molecule has 0 radical (unpaired) electrons. The van der Waals surface area contributed by atoms with E-state index in [4.69, 9.17) is 5.73 Å². The van der Waals surface area contributed by atoms with Crippen LogP contribution in [-0.2, 0) is 0 Å². The Bertz CT molecular complexity index is 748. The SMILES string of the molecule is Nc1ccc(N=C2C=C(I)C(=O)c3ncccc32)cc1. The maximum Gasteiger partial charge on any atom is 0.218 e. The summed E-state index contributed by atoms with van der Waals surface area (Å²) in [6.45, 7) is 0. The molecule has 0 amide bonds. The summed E-state index contributed by atoms with van der Waals surface area (Å²) in [5, 5.41) is 0. The molecule has 2 N–H and O–H groups in total. The first-order chi connectivity index (χ1) is 9.65. The number of hydrogen-bond donors (Lipinski definition) is 1. The number of carbonyl (C=O) groups excluding carboxylic acids is 1. The molecule has 0 spiro atoms. The normalized spacial score (nSPS) is 15.9. The largest absolute Gasteiger partial charge is 0.399 e. The lowest BCUT2D eigenvalue weighted by atomic mass is 9.99. The Morgan fingerprint density at radius 1 is 1.15 bits per heavy atom. The molecule has 0 saturated heterocycles. The smallest absolute Gasteiger partial charge is 0.218 e. The number of pyridine rings is 1. The number of aliphatic imine (C=N–C) groups is 1. The van der Waals surface area contributed by atoms with Crippen molar-refractivity contribution in [1.29, 1.82) is 0 Å². The van der Waals surface area contributed by atoms with E-state index in [2.05, 4.69) is 9.98 Å². The van der Waals surface area contributed by atoms with Crippen LogP contribution in [0.25, 0.3) is 0 Å². The first kappa shape index (κ1) is 13.0. The molecule has 1 heterocycles. The average molecular weight is 375 g/mol. The van der Waals surface area contributed by atoms with E-state index in [1.54, 1.807) is 30.5 Å². The fourth-order valence-corrected chi connectivity index (χ4v) is 2.50. The number of nitrogens with two attached hydrogens (primary N) is 1. The summed E-state index contributed by atoms with van der Waals surface area (Å²) in [7, 11) is 0. The van der Waals surface area contributed by atoms with Crippen LogP contribution in [0, 0.1) is 0 Å². The summed E-state index contributed by atoms with van der Waals surface area (Å²) >= 11 is 2.01. The zero-order valence-corrected chi connectivity index (χ0v) is 12.5. The summed E-state index contributed by atoms with van der Waals surface area (Å²) in [5.74, 6) is -0.0579. The number of Topliss-reactive ketones (excluding diaryl/α,β-unsaturated/α-hetero) is 1. The predicted molar refractivity (Wildman–Crippen MR) is 87.7 cm³/mol. The maximum atomic E-state index is 12.0. The Labute approximate surface area is 129 Å². The number of anilines is 1. The average Bonchev–Trinajstić information content (AvgIpc) is 2.47. The molecule has 1 aromatic carbocycles. The number of ketones is 1. The van der Waals surface area contributed by atoms with Gasteiger partial charge in [-0.3, -0.25) is 9.78 Å². The predicted octanol–water partition coefficient (Wildman–Crippen LogP) is 3.30. The van der Waals surface area contributed by atoms with Crippen molar-refractivity contribution in [2.75, 3.05) is 5.73 Å². The lowest BCUT2D eigenvalue weighted by Gasteiger charge is -2.13. The van der Waals surface area contributed by atoms with Gasteiger partial charge in [-0.15, -0.1) is 0 Å². The molecule has 0 saturated carbocycles. The van der Waals surface area contributed by atoms with Crippen LogP contribution in [0.5, 0.6) is 0 Å². The quantitative estimate of drug-likeness (QED) is 0.614. The van der Waals surface area contributed by atoms with Gasteiger partial charge >= 0.3 is 0 Å². The zero-order chi connectivity index (χ0) is 14.1. The number of halogens is 1. The van der Waals surface area contributed by atoms with E-state index in [0.29, 0.717) is 15.0 Å². The first-order valence-electron chi connectivity index (χ1n) is 5.96. The number of hydrogen-bond acceptors (Lipinski definition) is 4. The number of carbonyl (C=O) groups is 1. The number of aromatic nitrogens is 1. The van der Waals surface area contributed by atoms with Crippen LogP contribution in [0.1, 0.15) is 16.1 Å². The maximum absolute atomic E-state index is 12.0. The number of rotatable bonds is 1. The number of nitrogen functional groups attached to an aromatic ring is 1. The number of nitrogens with zero attached hydrogens (tertiary/aromatic N) is 2. The van der Waals surface area contributed by atoms with E-state index in [-0.39, 0.29) is 5.78 Å². The van der Waals surface area contributed by atoms with E-state index < -0.39 is 0 Å². The third-order valence-electron chi connectivity index (χ3n) is 2.92. The molecule has 1 aliphatic rings. The molecule has 98 valence electrons. The highest BCUT2D eigenvalue weighted by molar-refractivity contribution is 14.1.